The number of nitrogens with zero attached hydrogens (tertiary/aromatic N) is 2. The summed E-state index contributed by atoms with van der Waals surface area (Å²) in [7, 11) is 1.66. The number of aromatic nitrogens is 2. The zero-order valence-corrected chi connectivity index (χ0v) is 15.4. The predicted octanol–water partition coefficient (Wildman–Crippen LogP) is 4.79. The van der Waals surface area contributed by atoms with E-state index in [1.54, 1.807) is 13.3 Å². The van der Waals surface area contributed by atoms with Crippen LogP contribution >= 0.6 is 0 Å². The monoisotopic (exact) mass is 349 g/mol. The summed E-state index contributed by atoms with van der Waals surface area (Å²) in [6, 6.07) is 5.96. The van der Waals surface area contributed by atoms with Gasteiger partial charge in [-0.1, -0.05) is 0 Å². The van der Waals surface area contributed by atoms with Crippen LogP contribution in [0, 0.1) is 19.8 Å². The third kappa shape index (κ3) is 3.17. The summed E-state index contributed by atoms with van der Waals surface area (Å²) in [6.45, 7) is 4.83. The van der Waals surface area contributed by atoms with Crippen molar-refractivity contribution in [2.75, 3.05) is 19.0 Å². The summed E-state index contributed by atoms with van der Waals surface area (Å²) in [5.41, 5.74) is 5.09. The van der Waals surface area contributed by atoms with Crippen molar-refractivity contribution in [3.8, 4) is 11.5 Å². The molecule has 5 nitrogen and oxygen atoms in total. The van der Waals surface area contributed by atoms with Gasteiger partial charge in [0.2, 0.25) is 0 Å². The Balaban J connectivity index is 1.77. The summed E-state index contributed by atoms with van der Waals surface area (Å²) < 4.78 is 11.6. The molecule has 0 spiro atoms. The van der Waals surface area contributed by atoms with Gasteiger partial charge in [0.1, 0.15) is 5.52 Å². The molecule has 0 radical (unpaired) electrons. The van der Waals surface area contributed by atoms with E-state index in [0.717, 1.165) is 51.5 Å². The topological polar surface area (TPSA) is 56.3 Å². The van der Waals surface area contributed by atoms with Gasteiger partial charge in [0, 0.05) is 35.4 Å². The molecule has 1 saturated carbocycles. The molecule has 0 unspecified atom stereocenters. The van der Waals surface area contributed by atoms with Crippen molar-refractivity contribution in [1.29, 1.82) is 0 Å². The van der Waals surface area contributed by atoms with Crippen molar-refractivity contribution in [2.24, 2.45) is 5.92 Å². The highest BCUT2D eigenvalue weighted by Crippen LogP contribution is 2.39. The van der Waals surface area contributed by atoms with Gasteiger partial charge in [0.25, 0.3) is 0 Å². The molecule has 1 aliphatic rings. The maximum Gasteiger partial charge on any atom is 0.187 e. The number of hydrogen-bond donors (Lipinski definition) is 1. The Morgan fingerprint density at radius 2 is 1.88 bits per heavy atom. The van der Waals surface area contributed by atoms with Gasteiger partial charge in [0.05, 0.1) is 13.7 Å². The first-order chi connectivity index (χ1) is 12.7. The minimum absolute atomic E-state index is 0.665. The van der Waals surface area contributed by atoms with Crippen LogP contribution in [0.5, 0.6) is 11.5 Å². The highest BCUT2D eigenvalue weighted by Gasteiger charge is 2.23. The van der Waals surface area contributed by atoms with E-state index in [1.807, 2.05) is 30.6 Å². The standard InChI is InChI=1S/C21H23N3O2/c1-13-10-22-11-14(2)19(13)24-17-8-9-23-20-16(17)6-7-18(25-3)21(20)26-12-15-4-5-15/h6-11,15H,4-5,12H2,1-3H3,(H,22,23,24). The summed E-state index contributed by atoms with van der Waals surface area (Å²) in [6.07, 6.45) is 8.03. The van der Waals surface area contributed by atoms with Gasteiger partial charge in [-0.2, -0.15) is 0 Å². The highest BCUT2D eigenvalue weighted by molar-refractivity contribution is 5.97. The van der Waals surface area contributed by atoms with E-state index in [2.05, 4.69) is 29.1 Å². The fourth-order valence-corrected chi connectivity index (χ4v) is 3.10. The average molecular weight is 349 g/mol. The van der Waals surface area contributed by atoms with Crippen LogP contribution in [0.15, 0.2) is 36.8 Å². The molecule has 5 heteroatoms. The van der Waals surface area contributed by atoms with Crippen molar-refractivity contribution in [3.63, 3.8) is 0 Å². The Bertz CT molecular complexity index is 931. The Morgan fingerprint density at radius 1 is 1.12 bits per heavy atom. The summed E-state index contributed by atoms with van der Waals surface area (Å²) >= 11 is 0. The molecule has 4 rings (SSSR count). The molecule has 0 amide bonds. The molecule has 1 aliphatic carbocycles. The van der Waals surface area contributed by atoms with Crippen LogP contribution < -0.4 is 14.8 Å². The SMILES string of the molecule is COc1ccc2c(Nc3c(C)cncc3C)ccnc2c1OCC1CC1. The fourth-order valence-electron chi connectivity index (χ4n) is 3.10. The number of ether oxygens (including phenoxy) is 2. The predicted molar refractivity (Wildman–Crippen MR) is 104 cm³/mol. The largest absolute Gasteiger partial charge is 0.493 e. The van der Waals surface area contributed by atoms with Gasteiger partial charge in [-0.15, -0.1) is 0 Å². The third-order valence-electron chi connectivity index (χ3n) is 4.80. The molecule has 1 fully saturated rings. The first-order valence-electron chi connectivity index (χ1n) is 8.94. The Morgan fingerprint density at radius 3 is 2.58 bits per heavy atom. The molecule has 134 valence electrons. The van der Waals surface area contributed by atoms with E-state index in [4.69, 9.17) is 9.47 Å². The van der Waals surface area contributed by atoms with Gasteiger partial charge < -0.3 is 14.8 Å². The first kappa shape index (κ1) is 16.6. The lowest BCUT2D eigenvalue weighted by molar-refractivity contribution is 0.283. The maximum atomic E-state index is 6.09. The second-order valence-electron chi connectivity index (χ2n) is 6.88. The van der Waals surface area contributed by atoms with E-state index < -0.39 is 0 Å². The highest BCUT2D eigenvalue weighted by atomic mass is 16.5. The van der Waals surface area contributed by atoms with Gasteiger partial charge in [-0.3, -0.25) is 9.97 Å². The van der Waals surface area contributed by atoms with Gasteiger partial charge in [0.15, 0.2) is 11.5 Å². The zero-order chi connectivity index (χ0) is 18.1. The van der Waals surface area contributed by atoms with Crippen LogP contribution in [0.4, 0.5) is 11.4 Å². The number of hydrogen-bond acceptors (Lipinski definition) is 5. The Hall–Kier alpha value is -2.82. The van der Waals surface area contributed by atoms with Crippen LogP contribution in [0.25, 0.3) is 10.9 Å². The Kier molecular flexibility index (Phi) is 4.37. The first-order valence-corrected chi connectivity index (χ1v) is 8.94. The summed E-state index contributed by atoms with van der Waals surface area (Å²) in [5, 5.41) is 4.56. The molecule has 2 aromatic heterocycles. The number of methoxy groups -OCH3 is 1. The van der Waals surface area contributed by atoms with Crippen LogP contribution in [-0.2, 0) is 0 Å². The van der Waals surface area contributed by atoms with Crippen molar-refractivity contribution in [3.05, 3.63) is 47.9 Å². The minimum Gasteiger partial charge on any atom is -0.493 e. The molecular weight excluding hydrogens is 326 g/mol. The number of anilines is 2. The third-order valence-corrected chi connectivity index (χ3v) is 4.80. The lowest BCUT2D eigenvalue weighted by Crippen LogP contribution is -2.03. The van der Waals surface area contributed by atoms with Crippen molar-refractivity contribution < 1.29 is 9.47 Å². The van der Waals surface area contributed by atoms with Crippen LogP contribution in [0.2, 0.25) is 0 Å². The molecule has 26 heavy (non-hydrogen) atoms. The second-order valence-corrected chi connectivity index (χ2v) is 6.88. The number of benzene rings is 1. The molecule has 3 aromatic rings. The number of pyridine rings is 2. The van der Waals surface area contributed by atoms with Crippen LogP contribution in [0.1, 0.15) is 24.0 Å². The quantitative estimate of drug-likeness (QED) is 0.693. The van der Waals surface area contributed by atoms with E-state index in [1.165, 1.54) is 12.8 Å². The van der Waals surface area contributed by atoms with Crippen molar-refractivity contribution in [2.45, 2.75) is 26.7 Å². The van der Waals surface area contributed by atoms with Crippen molar-refractivity contribution >= 4 is 22.3 Å². The maximum absolute atomic E-state index is 6.09. The number of aryl methyl sites for hydroxylation is 2. The minimum atomic E-state index is 0.665. The molecule has 1 aromatic carbocycles. The van der Waals surface area contributed by atoms with E-state index in [-0.39, 0.29) is 0 Å². The lowest BCUT2D eigenvalue weighted by Gasteiger charge is -2.17. The van der Waals surface area contributed by atoms with Gasteiger partial charge in [-0.25, -0.2) is 0 Å². The number of rotatable bonds is 6. The molecule has 1 N–H and O–H groups in total. The molecular formula is C21H23N3O2. The van der Waals surface area contributed by atoms with Crippen LogP contribution in [-0.4, -0.2) is 23.7 Å². The molecule has 0 atom stereocenters. The van der Waals surface area contributed by atoms with Gasteiger partial charge in [-0.05, 0) is 61.9 Å². The lowest BCUT2D eigenvalue weighted by atomic mass is 10.1. The number of nitrogens with one attached hydrogen (secondary N) is 1. The summed E-state index contributed by atoms with van der Waals surface area (Å²) in [4.78, 5) is 8.82. The molecule has 0 saturated heterocycles. The number of fused-ring (bicyclic) bond motifs is 1. The van der Waals surface area contributed by atoms with E-state index in [9.17, 15) is 0 Å². The average Bonchev–Trinajstić information content (AvgIpc) is 3.47. The van der Waals surface area contributed by atoms with Crippen molar-refractivity contribution in [1.82, 2.24) is 9.97 Å². The van der Waals surface area contributed by atoms with Crippen LogP contribution in [0.3, 0.4) is 0 Å². The van der Waals surface area contributed by atoms with E-state index in [0.29, 0.717) is 5.92 Å². The molecule has 0 aliphatic heterocycles. The normalized spacial score (nSPS) is 13.7. The van der Waals surface area contributed by atoms with Gasteiger partial charge >= 0.3 is 0 Å². The second kappa shape index (κ2) is 6.83. The smallest absolute Gasteiger partial charge is 0.187 e. The molecule has 0 bridgehead atoms. The Labute approximate surface area is 153 Å². The van der Waals surface area contributed by atoms with E-state index >= 15 is 0 Å². The zero-order valence-electron chi connectivity index (χ0n) is 15.4. The molecule has 2 heterocycles. The summed E-state index contributed by atoms with van der Waals surface area (Å²) in [5.74, 6) is 2.11. The fraction of sp³-hybridized carbons (Fsp3) is 0.333.